The van der Waals surface area contributed by atoms with Crippen molar-refractivity contribution in [2.45, 2.75) is 11.8 Å². The topological polar surface area (TPSA) is 88.2 Å². The molecule has 172 valence electrons. The zero-order valence-electron chi connectivity index (χ0n) is 18.4. The first kappa shape index (κ1) is 22.1. The van der Waals surface area contributed by atoms with Gasteiger partial charge in [0.15, 0.2) is 5.65 Å². The van der Waals surface area contributed by atoms with Crippen molar-refractivity contribution < 1.29 is 17.5 Å². The summed E-state index contributed by atoms with van der Waals surface area (Å²) in [5.74, 6) is -0.700. The SMILES string of the molecule is Cc1ccc(S(=O)(=O)n2cc(-c3cccc(C#N)c3F)c3c(N4CCOCC4)ccnc32)cc1. The van der Waals surface area contributed by atoms with Crippen LogP contribution in [0.1, 0.15) is 11.1 Å². The number of nitriles is 1. The number of aryl methyl sites for hydroxylation is 1. The molecule has 0 N–H and O–H groups in total. The maximum atomic E-state index is 15.3. The standard InChI is InChI=1S/C25H21FN4O3S/c1-17-5-7-19(8-6-17)34(31,32)30-16-21(20-4-2-3-18(15-27)24(20)26)23-22(9-10-28-25(23)30)29-11-13-33-14-12-29/h2-10,16H,11-14H2,1H3. The Morgan fingerprint density at radius 2 is 1.79 bits per heavy atom. The van der Waals surface area contributed by atoms with Gasteiger partial charge in [0, 0.05) is 36.6 Å². The number of ether oxygens (including phenoxy) is 1. The van der Waals surface area contributed by atoms with Crippen LogP contribution in [-0.4, -0.2) is 43.7 Å². The molecule has 1 aliphatic heterocycles. The highest BCUT2D eigenvalue weighted by molar-refractivity contribution is 7.90. The van der Waals surface area contributed by atoms with Gasteiger partial charge in [-0.1, -0.05) is 29.8 Å². The number of halogens is 1. The van der Waals surface area contributed by atoms with Crippen molar-refractivity contribution in [3.63, 3.8) is 0 Å². The van der Waals surface area contributed by atoms with Crippen molar-refractivity contribution in [3.05, 3.63) is 77.9 Å². The Morgan fingerprint density at radius 1 is 1.06 bits per heavy atom. The van der Waals surface area contributed by atoms with Crippen LogP contribution in [-0.2, 0) is 14.8 Å². The molecule has 0 amide bonds. The van der Waals surface area contributed by atoms with E-state index in [1.54, 1.807) is 48.7 Å². The second kappa shape index (κ2) is 8.56. The number of nitrogens with zero attached hydrogens (tertiary/aromatic N) is 4. The molecule has 0 saturated carbocycles. The summed E-state index contributed by atoms with van der Waals surface area (Å²) in [5, 5.41) is 9.85. The number of aromatic nitrogens is 2. The van der Waals surface area contributed by atoms with Gasteiger partial charge in [0.25, 0.3) is 10.0 Å². The maximum Gasteiger partial charge on any atom is 0.269 e. The fraction of sp³-hybridized carbons (Fsp3) is 0.200. The second-order valence-electron chi connectivity index (χ2n) is 8.06. The summed E-state index contributed by atoms with van der Waals surface area (Å²) in [6, 6.07) is 14.7. The summed E-state index contributed by atoms with van der Waals surface area (Å²) >= 11 is 0. The molecule has 1 saturated heterocycles. The molecular formula is C25H21FN4O3S. The van der Waals surface area contributed by atoms with E-state index in [4.69, 9.17) is 4.74 Å². The third kappa shape index (κ3) is 3.61. The van der Waals surface area contributed by atoms with Gasteiger partial charge in [0.1, 0.15) is 11.9 Å². The number of morpholine rings is 1. The molecule has 2 aromatic carbocycles. The molecule has 3 heterocycles. The molecule has 5 rings (SSSR count). The lowest BCUT2D eigenvalue weighted by Crippen LogP contribution is -2.36. The molecule has 1 fully saturated rings. The van der Waals surface area contributed by atoms with Crippen molar-refractivity contribution >= 4 is 26.7 Å². The van der Waals surface area contributed by atoms with Gasteiger partial charge in [0.2, 0.25) is 0 Å². The molecule has 0 aliphatic carbocycles. The lowest BCUT2D eigenvalue weighted by molar-refractivity contribution is 0.123. The van der Waals surface area contributed by atoms with Crippen LogP contribution in [0, 0.1) is 24.1 Å². The summed E-state index contributed by atoms with van der Waals surface area (Å²) in [6.45, 7) is 4.14. The monoisotopic (exact) mass is 476 g/mol. The van der Waals surface area contributed by atoms with E-state index in [1.165, 1.54) is 12.3 Å². The summed E-state index contributed by atoms with van der Waals surface area (Å²) in [6.07, 6.45) is 2.95. The highest BCUT2D eigenvalue weighted by Crippen LogP contribution is 2.39. The minimum atomic E-state index is -4.02. The fourth-order valence-electron chi connectivity index (χ4n) is 4.21. The Hall–Kier alpha value is -3.74. The molecule has 4 aromatic rings. The lowest BCUT2D eigenvalue weighted by atomic mass is 10.0. The smallest absolute Gasteiger partial charge is 0.269 e. The normalized spacial score (nSPS) is 14.3. The Labute approximate surface area is 196 Å². The lowest BCUT2D eigenvalue weighted by Gasteiger charge is -2.29. The molecule has 0 bridgehead atoms. The molecule has 1 aliphatic rings. The zero-order valence-corrected chi connectivity index (χ0v) is 19.2. The highest BCUT2D eigenvalue weighted by atomic mass is 32.2. The van der Waals surface area contributed by atoms with Crippen LogP contribution in [0.5, 0.6) is 0 Å². The Kier molecular flexibility index (Phi) is 5.55. The first-order chi connectivity index (χ1) is 16.4. The number of pyridine rings is 1. The molecule has 2 aromatic heterocycles. The van der Waals surface area contributed by atoms with Gasteiger partial charge in [-0.15, -0.1) is 0 Å². The molecular weight excluding hydrogens is 455 g/mol. The first-order valence-electron chi connectivity index (χ1n) is 10.8. The van der Waals surface area contributed by atoms with Crippen molar-refractivity contribution in [1.82, 2.24) is 8.96 Å². The van der Waals surface area contributed by atoms with E-state index in [0.29, 0.717) is 37.3 Å². The van der Waals surface area contributed by atoms with Crippen LogP contribution >= 0.6 is 0 Å². The fourth-order valence-corrected chi connectivity index (χ4v) is 5.53. The summed E-state index contributed by atoms with van der Waals surface area (Å²) < 4.78 is 49.2. The van der Waals surface area contributed by atoms with E-state index in [-0.39, 0.29) is 21.7 Å². The number of hydrogen-bond donors (Lipinski definition) is 0. The van der Waals surface area contributed by atoms with E-state index in [2.05, 4.69) is 9.88 Å². The largest absolute Gasteiger partial charge is 0.378 e. The van der Waals surface area contributed by atoms with Gasteiger partial charge >= 0.3 is 0 Å². The highest BCUT2D eigenvalue weighted by Gasteiger charge is 2.27. The number of fused-ring (bicyclic) bond motifs is 1. The predicted molar refractivity (Wildman–Crippen MR) is 127 cm³/mol. The van der Waals surface area contributed by atoms with Crippen molar-refractivity contribution in [2.75, 3.05) is 31.2 Å². The van der Waals surface area contributed by atoms with Crippen molar-refractivity contribution in [2.24, 2.45) is 0 Å². The Balaban J connectivity index is 1.82. The molecule has 9 heteroatoms. The van der Waals surface area contributed by atoms with Crippen LogP contribution in [0.3, 0.4) is 0 Å². The summed E-state index contributed by atoms with van der Waals surface area (Å²) in [5.41, 5.74) is 2.25. The third-order valence-electron chi connectivity index (χ3n) is 5.97. The quantitative estimate of drug-likeness (QED) is 0.441. The van der Waals surface area contributed by atoms with E-state index >= 15 is 4.39 Å². The zero-order chi connectivity index (χ0) is 23.9. The number of rotatable bonds is 4. The van der Waals surface area contributed by atoms with Crippen molar-refractivity contribution in [3.8, 4) is 17.2 Å². The minimum Gasteiger partial charge on any atom is -0.378 e. The summed E-state index contributed by atoms with van der Waals surface area (Å²) in [7, 11) is -4.02. The average molecular weight is 477 g/mol. The van der Waals surface area contributed by atoms with Crippen LogP contribution in [0.2, 0.25) is 0 Å². The Morgan fingerprint density at radius 3 is 2.50 bits per heavy atom. The third-order valence-corrected chi connectivity index (χ3v) is 7.64. The van der Waals surface area contributed by atoms with Gasteiger partial charge in [-0.05, 0) is 31.2 Å². The number of hydrogen-bond acceptors (Lipinski definition) is 6. The minimum absolute atomic E-state index is 0.103. The van der Waals surface area contributed by atoms with Gasteiger partial charge < -0.3 is 9.64 Å². The second-order valence-corrected chi connectivity index (χ2v) is 9.88. The predicted octanol–water partition coefficient (Wildman–Crippen LogP) is 4.10. The molecule has 0 atom stereocenters. The van der Waals surface area contributed by atoms with Gasteiger partial charge in [-0.25, -0.2) is 21.8 Å². The first-order valence-corrected chi connectivity index (χ1v) is 12.2. The van der Waals surface area contributed by atoms with E-state index in [1.807, 2.05) is 13.0 Å². The van der Waals surface area contributed by atoms with Gasteiger partial charge in [-0.3, -0.25) is 0 Å². The number of benzene rings is 2. The molecule has 7 nitrogen and oxygen atoms in total. The molecule has 0 spiro atoms. The van der Waals surface area contributed by atoms with Gasteiger partial charge in [-0.2, -0.15) is 5.26 Å². The van der Waals surface area contributed by atoms with Gasteiger partial charge in [0.05, 0.1) is 34.7 Å². The molecule has 0 radical (unpaired) electrons. The van der Waals surface area contributed by atoms with E-state index in [9.17, 15) is 13.7 Å². The number of anilines is 1. The average Bonchev–Trinajstić information content (AvgIpc) is 3.25. The Bertz CT molecular complexity index is 1530. The molecule has 34 heavy (non-hydrogen) atoms. The van der Waals surface area contributed by atoms with Crippen LogP contribution < -0.4 is 4.90 Å². The van der Waals surface area contributed by atoms with E-state index in [0.717, 1.165) is 15.2 Å². The van der Waals surface area contributed by atoms with Crippen LogP contribution in [0.25, 0.3) is 22.2 Å². The van der Waals surface area contributed by atoms with Crippen molar-refractivity contribution in [1.29, 1.82) is 5.26 Å². The summed E-state index contributed by atoms with van der Waals surface area (Å²) in [4.78, 5) is 6.58. The maximum absolute atomic E-state index is 15.3. The van der Waals surface area contributed by atoms with Crippen LogP contribution in [0.15, 0.2) is 65.8 Å². The van der Waals surface area contributed by atoms with Crippen LogP contribution in [0.4, 0.5) is 10.1 Å². The van der Waals surface area contributed by atoms with E-state index < -0.39 is 15.8 Å². The molecule has 0 unspecified atom stereocenters.